The van der Waals surface area contributed by atoms with Crippen molar-refractivity contribution in [3.8, 4) is 17.0 Å². The Labute approximate surface area is 136 Å². The topological polar surface area (TPSA) is 55.3 Å². The Morgan fingerprint density at radius 3 is 2.91 bits per heavy atom. The van der Waals surface area contributed by atoms with Gasteiger partial charge in [0.1, 0.15) is 5.75 Å². The van der Waals surface area contributed by atoms with Crippen LogP contribution in [0.25, 0.3) is 11.3 Å². The summed E-state index contributed by atoms with van der Waals surface area (Å²) in [5.74, 6) is 1.15. The lowest BCUT2D eigenvalue weighted by atomic mass is 9.91. The number of carbonyl (C=O) groups is 1. The number of likely N-dealkylation sites (tertiary alicyclic amines) is 1. The lowest BCUT2D eigenvalue weighted by Crippen LogP contribution is -2.38. The van der Waals surface area contributed by atoms with Crippen molar-refractivity contribution in [3.63, 3.8) is 0 Å². The van der Waals surface area contributed by atoms with Gasteiger partial charge >= 0.3 is 0 Å². The first-order valence-corrected chi connectivity index (χ1v) is 7.90. The largest absolute Gasteiger partial charge is 0.497 e. The molecular formula is C18H21N3O2. The molecule has 3 rings (SSSR count). The highest BCUT2D eigenvalue weighted by atomic mass is 16.5. The molecule has 0 saturated carbocycles. The van der Waals surface area contributed by atoms with Gasteiger partial charge in [0.15, 0.2) is 0 Å². The number of hydrogen-bond acceptors (Lipinski definition) is 4. The second-order valence-corrected chi connectivity index (χ2v) is 5.83. The minimum atomic E-state index is 0.126. The minimum Gasteiger partial charge on any atom is -0.497 e. The van der Waals surface area contributed by atoms with Crippen molar-refractivity contribution in [2.45, 2.75) is 25.7 Å². The molecule has 0 aliphatic carbocycles. The van der Waals surface area contributed by atoms with Gasteiger partial charge in [-0.25, -0.2) is 0 Å². The van der Waals surface area contributed by atoms with Crippen molar-refractivity contribution in [3.05, 3.63) is 42.4 Å². The molecule has 1 aromatic heterocycles. The van der Waals surface area contributed by atoms with E-state index < -0.39 is 0 Å². The van der Waals surface area contributed by atoms with E-state index >= 15 is 0 Å². The van der Waals surface area contributed by atoms with Crippen molar-refractivity contribution in [2.75, 3.05) is 20.2 Å². The molecule has 1 saturated heterocycles. The van der Waals surface area contributed by atoms with Crippen molar-refractivity contribution in [2.24, 2.45) is 0 Å². The van der Waals surface area contributed by atoms with E-state index in [4.69, 9.17) is 4.74 Å². The molecule has 23 heavy (non-hydrogen) atoms. The molecule has 5 heteroatoms. The number of piperidine rings is 1. The number of methoxy groups -OCH3 is 1. The number of carbonyl (C=O) groups excluding carboxylic acids is 1. The zero-order valence-electron chi connectivity index (χ0n) is 13.5. The Morgan fingerprint density at radius 2 is 2.13 bits per heavy atom. The summed E-state index contributed by atoms with van der Waals surface area (Å²) in [6, 6.07) is 7.85. The molecule has 1 amide bonds. The van der Waals surface area contributed by atoms with E-state index in [9.17, 15) is 4.79 Å². The molecule has 1 aliphatic rings. The zero-order chi connectivity index (χ0) is 16.2. The average molecular weight is 311 g/mol. The molecule has 1 aromatic carbocycles. The molecule has 1 aliphatic heterocycles. The fourth-order valence-corrected chi connectivity index (χ4v) is 3.13. The maximum absolute atomic E-state index is 11.7. The summed E-state index contributed by atoms with van der Waals surface area (Å²) < 4.78 is 5.31. The third kappa shape index (κ3) is 3.33. The van der Waals surface area contributed by atoms with Crippen LogP contribution in [0.15, 0.2) is 36.7 Å². The Hall–Kier alpha value is -2.43. The number of amides is 1. The Balaban J connectivity index is 1.95. The van der Waals surface area contributed by atoms with Crippen LogP contribution in [0.4, 0.5) is 0 Å². The maximum atomic E-state index is 11.7. The van der Waals surface area contributed by atoms with E-state index in [2.05, 4.69) is 9.97 Å². The quantitative estimate of drug-likeness (QED) is 0.874. The van der Waals surface area contributed by atoms with Gasteiger partial charge in [-0.05, 0) is 25.0 Å². The van der Waals surface area contributed by atoms with E-state index in [1.807, 2.05) is 29.2 Å². The summed E-state index contributed by atoms with van der Waals surface area (Å²) in [6.45, 7) is 3.17. The van der Waals surface area contributed by atoms with Crippen LogP contribution in [-0.4, -0.2) is 41.0 Å². The van der Waals surface area contributed by atoms with E-state index in [0.717, 1.165) is 42.1 Å². The number of benzene rings is 1. The van der Waals surface area contributed by atoms with Crippen molar-refractivity contribution in [1.82, 2.24) is 14.9 Å². The Kier molecular flexibility index (Phi) is 4.55. The van der Waals surface area contributed by atoms with E-state index in [1.165, 1.54) is 0 Å². The summed E-state index contributed by atoms with van der Waals surface area (Å²) in [7, 11) is 1.66. The summed E-state index contributed by atoms with van der Waals surface area (Å²) in [5, 5.41) is 0. The molecule has 1 atom stereocenters. The third-order valence-electron chi connectivity index (χ3n) is 4.32. The number of aromatic nitrogens is 2. The van der Waals surface area contributed by atoms with Crippen LogP contribution in [0.2, 0.25) is 0 Å². The second-order valence-electron chi connectivity index (χ2n) is 5.83. The van der Waals surface area contributed by atoms with Crippen LogP contribution in [0, 0.1) is 0 Å². The highest BCUT2D eigenvalue weighted by Gasteiger charge is 2.26. The molecule has 1 unspecified atom stereocenters. The van der Waals surface area contributed by atoms with E-state index in [-0.39, 0.29) is 11.8 Å². The van der Waals surface area contributed by atoms with Gasteiger partial charge < -0.3 is 9.64 Å². The number of nitrogens with zero attached hydrogens (tertiary/aromatic N) is 3. The van der Waals surface area contributed by atoms with Crippen molar-refractivity contribution < 1.29 is 9.53 Å². The monoisotopic (exact) mass is 311 g/mol. The molecule has 2 aromatic rings. The predicted octanol–water partition coefficient (Wildman–Crippen LogP) is 2.88. The Bertz CT molecular complexity index is 702. The van der Waals surface area contributed by atoms with Crippen molar-refractivity contribution in [1.29, 1.82) is 0 Å². The van der Waals surface area contributed by atoms with Gasteiger partial charge in [0, 0.05) is 43.9 Å². The van der Waals surface area contributed by atoms with Crippen LogP contribution in [-0.2, 0) is 4.79 Å². The second kappa shape index (κ2) is 6.77. The van der Waals surface area contributed by atoms with Crippen LogP contribution >= 0.6 is 0 Å². The van der Waals surface area contributed by atoms with Gasteiger partial charge in [-0.1, -0.05) is 12.1 Å². The number of hydrogen-bond donors (Lipinski definition) is 0. The first kappa shape index (κ1) is 15.5. The summed E-state index contributed by atoms with van der Waals surface area (Å²) in [4.78, 5) is 22.7. The molecule has 0 bridgehead atoms. The molecule has 0 spiro atoms. The van der Waals surface area contributed by atoms with Gasteiger partial charge in [-0.15, -0.1) is 0 Å². The Morgan fingerprint density at radius 1 is 1.30 bits per heavy atom. The first-order chi connectivity index (χ1) is 11.2. The van der Waals surface area contributed by atoms with Crippen molar-refractivity contribution >= 4 is 5.91 Å². The smallest absolute Gasteiger partial charge is 0.219 e. The SMILES string of the molecule is COc1cccc(-c2nccnc2C2CCCN(C(C)=O)C2)c1. The normalized spacial score (nSPS) is 17.8. The molecule has 0 radical (unpaired) electrons. The highest BCUT2D eigenvalue weighted by Crippen LogP contribution is 2.32. The summed E-state index contributed by atoms with van der Waals surface area (Å²) in [6.07, 6.45) is 5.47. The van der Waals surface area contributed by atoms with Gasteiger partial charge in [-0.2, -0.15) is 0 Å². The lowest BCUT2D eigenvalue weighted by molar-refractivity contribution is -0.130. The molecule has 2 heterocycles. The first-order valence-electron chi connectivity index (χ1n) is 7.90. The fraction of sp³-hybridized carbons (Fsp3) is 0.389. The van der Waals surface area contributed by atoms with E-state index in [0.29, 0.717) is 6.54 Å². The number of rotatable bonds is 3. The van der Waals surface area contributed by atoms with Crippen LogP contribution in [0.3, 0.4) is 0 Å². The maximum Gasteiger partial charge on any atom is 0.219 e. The zero-order valence-corrected chi connectivity index (χ0v) is 13.5. The van der Waals surface area contributed by atoms with Gasteiger partial charge in [0.05, 0.1) is 18.5 Å². The highest BCUT2D eigenvalue weighted by molar-refractivity contribution is 5.73. The molecule has 120 valence electrons. The minimum absolute atomic E-state index is 0.126. The molecule has 5 nitrogen and oxygen atoms in total. The van der Waals surface area contributed by atoms with Gasteiger partial charge in [-0.3, -0.25) is 14.8 Å². The van der Waals surface area contributed by atoms with E-state index in [1.54, 1.807) is 26.4 Å². The standard InChI is InChI=1S/C18H21N3O2/c1-13(22)21-10-4-6-15(12-21)18-17(19-8-9-20-18)14-5-3-7-16(11-14)23-2/h3,5,7-9,11,15H,4,6,10,12H2,1-2H3. The molecular weight excluding hydrogens is 290 g/mol. The predicted molar refractivity (Wildman–Crippen MR) is 88.2 cm³/mol. The van der Waals surface area contributed by atoms with Gasteiger partial charge in [0.25, 0.3) is 0 Å². The fourth-order valence-electron chi connectivity index (χ4n) is 3.13. The van der Waals surface area contributed by atoms with Gasteiger partial charge in [0.2, 0.25) is 5.91 Å². The number of ether oxygens (including phenoxy) is 1. The summed E-state index contributed by atoms with van der Waals surface area (Å²) in [5.41, 5.74) is 2.83. The average Bonchev–Trinajstić information content (AvgIpc) is 2.62. The molecule has 0 N–H and O–H groups in total. The van der Waals surface area contributed by atoms with Crippen LogP contribution in [0.1, 0.15) is 31.4 Å². The lowest BCUT2D eigenvalue weighted by Gasteiger charge is -2.32. The van der Waals surface area contributed by atoms with Crippen LogP contribution in [0.5, 0.6) is 5.75 Å². The van der Waals surface area contributed by atoms with Crippen LogP contribution < -0.4 is 4.74 Å². The third-order valence-corrected chi connectivity index (χ3v) is 4.32. The molecule has 1 fully saturated rings. The summed E-state index contributed by atoms with van der Waals surface area (Å²) >= 11 is 0.